The average Bonchev–Trinajstić information content (AvgIpc) is 3.37. The van der Waals surface area contributed by atoms with Gasteiger partial charge in [0.2, 0.25) is 0 Å². The zero-order chi connectivity index (χ0) is 28.9. The highest BCUT2D eigenvalue weighted by Gasteiger charge is 2.21. The first-order valence-corrected chi connectivity index (χ1v) is 13.0. The standard InChI is InChI=1S/C33H23ClN4O3/c1-22-12-13-27(20-30(22)34)36-33(39)26(21-35)18-25-19-31(23-8-4-2-5-9-23)37(32(25)24-10-6-3-7-11-24)28-14-16-29(17-15-28)38(40)41/h2-20H,1H3,(H,36,39)/b26-18+. The first-order chi connectivity index (χ1) is 19.9. The number of nitrogens with zero attached hydrogens (tertiary/aromatic N) is 3. The minimum atomic E-state index is -0.573. The lowest BCUT2D eigenvalue weighted by atomic mass is 10.0. The first-order valence-electron chi connectivity index (χ1n) is 12.7. The van der Waals surface area contributed by atoms with Crippen LogP contribution in [0.25, 0.3) is 34.3 Å². The maximum atomic E-state index is 13.2. The van der Waals surface area contributed by atoms with E-state index in [-0.39, 0.29) is 11.3 Å². The SMILES string of the molecule is Cc1ccc(NC(=O)/C(C#N)=C/c2cc(-c3ccccc3)n(-c3ccc([N+](=O)[O-])cc3)c2-c2ccccc2)cc1Cl. The number of nitro groups is 1. The number of aryl methyl sites for hydroxylation is 1. The highest BCUT2D eigenvalue weighted by Crippen LogP contribution is 2.37. The second-order valence-corrected chi connectivity index (χ2v) is 9.67. The molecule has 0 spiro atoms. The average molecular weight is 559 g/mol. The zero-order valence-corrected chi connectivity index (χ0v) is 22.7. The number of anilines is 1. The Bertz CT molecular complexity index is 1820. The van der Waals surface area contributed by atoms with Gasteiger partial charge in [-0.3, -0.25) is 14.9 Å². The monoisotopic (exact) mass is 558 g/mol. The van der Waals surface area contributed by atoms with Crippen LogP contribution in [0.3, 0.4) is 0 Å². The molecule has 0 aliphatic heterocycles. The third kappa shape index (κ3) is 5.78. The maximum Gasteiger partial charge on any atom is 0.269 e. The number of halogens is 1. The van der Waals surface area contributed by atoms with Crippen molar-refractivity contribution in [1.82, 2.24) is 4.57 Å². The van der Waals surface area contributed by atoms with Crippen molar-refractivity contribution in [2.75, 3.05) is 5.32 Å². The number of non-ortho nitro benzene ring substituents is 1. The maximum absolute atomic E-state index is 13.2. The van der Waals surface area contributed by atoms with Crippen LogP contribution in [0.2, 0.25) is 5.02 Å². The van der Waals surface area contributed by atoms with E-state index in [1.807, 2.05) is 84.3 Å². The lowest BCUT2D eigenvalue weighted by Crippen LogP contribution is -2.13. The van der Waals surface area contributed by atoms with E-state index in [0.29, 0.717) is 22.0 Å². The number of nitrogens with one attached hydrogen (secondary N) is 1. The first kappa shape index (κ1) is 27.1. The number of amides is 1. The lowest BCUT2D eigenvalue weighted by molar-refractivity contribution is -0.384. The van der Waals surface area contributed by atoms with Crippen LogP contribution in [0.5, 0.6) is 0 Å². The lowest BCUT2D eigenvalue weighted by Gasteiger charge is -2.15. The fourth-order valence-corrected chi connectivity index (χ4v) is 4.70. The van der Waals surface area contributed by atoms with E-state index >= 15 is 0 Å². The largest absolute Gasteiger partial charge is 0.321 e. The van der Waals surface area contributed by atoms with Gasteiger partial charge in [0.25, 0.3) is 11.6 Å². The molecule has 1 heterocycles. The summed E-state index contributed by atoms with van der Waals surface area (Å²) in [4.78, 5) is 24.1. The molecular formula is C33H23ClN4O3. The summed E-state index contributed by atoms with van der Waals surface area (Å²) in [5.74, 6) is -0.573. The number of hydrogen-bond acceptors (Lipinski definition) is 4. The van der Waals surface area contributed by atoms with E-state index in [4.69, 9.17) is 11.6 Å². The number of carbonyl (C=O) groups is 1. The molecule has 1 amide bonds. The highest BCUT2D eigenvalue weighted by atomic mass is 35.5. The molecule has 0 bridgehead atoms. The van der Waals surface area contributed by atoms with Gasteiger partial charge in [-0.15, -0.1) is 0 Å². The number of aromatic nitrogens is 1. The van der Waals surface area contributed by atoms with Crippen LogP contribution in [0, 0.1) is 28.4 Å². The van der Waals surface area contributed by atoms with Crippen molar-refractivity contribution >= 4 is 35.0 Å². The molecule has 5 rings (SSSR count). The van der Waals surface area contributed by atoms with Gasteiger partial charge in [-0.25, -0.2) is 0 Å². The quantitative estimate of drug-likeness (QED) is 0.0940. The van der Waals surface area contributed by atoms with Gasteiger partial charge in [-0.2, -0.15) is 5.26 Å². The van der Waals surface area contributed by atoms with Crippen molar-refractivity contribution in [3.8, 4) is 34.3 Å². The minimum absolute atomic E-state index is 0.0248. The van der Waals surface area contributed by atoms with E-state index in [2.05, 4.69) is 5.32 Å². The second-order valence-electron chi connectivity index (χ2n) is 9.26. The van der Waals surface area contributed by atoms with E-state index in [1.54, 1.807) is 36.4 Å². The van der Waals surface area contributed by atoms with E-state index in [0.717, 1.165) is 28.1 Å². The van der Waals surface area contributed by atoms with Crippen LogP contribution < -0.4 is 5.32 Å². The molecule has 0 unspecified atom stereocenters. The second kappa shape index (κ2) is 11.7. The number of nitriles is 1. The molecule has 0 radical (unpaired) electrons. The summed E-state index contributed by atoms with van der Waals surface area (Å²) in [7, 11) is 0. The number of nitro benzene ring substituents is 1. The Hall–Kier alpha value is -5.45. The van der Waals surface area contributed by atoms with E-state index in [1.165, 1.54) is 12.1 Å². The summed E-state index contributed by atoms with van der Waals surface area (Å²) >= 11 is 6.22. The van der Waals surface area contributed by atoms with Crippen molar-refractivity contribution in [2.24, 2.45) is 0 Å². The fourth-order valence-electron chi connectivity index (χ4n) is 4.52. The van der Waals surface area contributed by atoms with Crippen LogP contribution in [-0.4, -0.2) is 15.4 Å². The number of benzene rings is 4. The summed E-state index contributed by atoms with van der Waals surface area (Å²) in [6, 6.07) is 34.6. The molecule has 41 heavy (non-hydrogen) atoms. The summed E-state index contributed by atoms with van der Waals surface area (Å²) in [5.41, 5.74) is 5.76. The summed E-state index contributed by atoms with van der Waals surface area (Å²) in [5, 5.41) is 24.6. The predicted molar refractivity (Wildman–Crippen MR) is 162 cm³/mol. The third-order valence-corrected chi connectivity index (χ3v) is 6.97. The Morgan fingerprint density at radius 1 is 0.927 bits per heavy atom. The van der Waals surface area contributed by atoms with Gasteiger partial charge in [-0.05, 0) is 60.0 Å². The summed E-state index contributed by atoms with van der Waals surface area (Å²) < 4.78 is 1.98. The van der Waals surface area contributed by atoms with Gasteiger partial charge in [-0.1, -0.05) is 78.3 Å². The third-order valence-electron chi connectivity index (χ3n) is 6.56. The van der Waals surface area contributed by atoms with E-state index in [9.17, 15) is 20.2 Å². The number of hydrogen-bond donors (Lipinski definition) is 1. The van der Waals surface area contributed by atoms with Gasteiger partial charge in [0.1, 0.15) is 11.6 Å². The fraction of sp³-hybridized carbons (Fsp3) is 0.0303. The Morgan fingerprint density at radius 3 is 2.15 bits per heavy atom. The normalized spacial score (nSPS) is 11.1. The van der Waals surface area contributed by atoms with Crippen LogP contribution in [0.4, 0.5) is 11.4 Å². The van der Waals surface area contributed by atoms with Gasteiger partial charge in [0.05, 0.1) is 16.3 Å². The van der Waals surface area contributed by atoms with Gasteiger partial charge >= 0.3 is 0 Å². The molecule has 0 fully saturated rings. The topological polar surface area (TPSA) is 101 Å². The molecule has 5 aromatic rings. The van der Waals surface area contributed by atoms with Crippen molar-refractivity contribution < 1.29 is 9.72 Å². The summed E-state index contributed by atoms with van der Waals surface area (Å²) in [6.45, 7) is 1.86. The number of carbonyl (C=O) groups excluding carboxylic acids is 1. The Morgan fingerprint density at radius 2 is 1.56 bits per heavy atom. The molecule has 200 valence electrons. The van der Waals surface area contributed by atoms with Gasteiger partial charge in [0.15, 0.2) is 0 Å². The van der Waals surface area contributed by atoms with Crippen LogP contribution in [0.15, 0.2) is 115 Å². The van der Waals surface area contributed by atoms with Gasteiger partial charge in [0, 0.05) is 34.1 Å². The molecule has 0 atom stereocenters. The molecule has 4 aromatic carbocycles. The molecule has 1 N–H and O–H groups in total. The summed E-state index contributed by atoms with van der Waals surface area (Å²) in [6.07, 6.45) is 1.56. The van der Waals surface area contributed by atoms with Crippen LogP contribution >= 0.6 is 11.6 Å². The van der Waals surface area contributed by atoms with Crippen molar-refractivity contribution in [3.05, 3.63) is 141 Å². The van der Waals surface area contributed by atoms with Crippen molar-refractivity contribution in [3.63, 3.8) is 0 Å². The zero-order valence-electron chi connectivity index (χ0n) is 21.9. The minimum Gasteiger partial charge on any atom is -0.321 e. The molecule has 0 saturated carbocycles. The Labute approximate surface area is 241 Å². The molecule has 0 saturated heterocycles. The molecule has 8 heteroatoms. The molecule has 0 aliphatic rings. The van der Waals surface area contributed by atoms with E-state index < -0.39 is 10.8 Å². The van der Waals surface area contributed by atoms with Crippen molar-refractivity contribution in [2.45, 2.75) is 6.92 Å². The molecular weight excluding hydrogens is 536 g/mol. The predicted octanol–water partition coefficient (Wildman–Crippen LogP) is 8.23. The van der Waals surface area contributed by atoms with Crippen LogP contribution in [-0.2, 0) is 4.79 Å². The molecule has 0 aliphatic carbocycles. The Balaban J connectivity index is 1.71. The van der Waals surface area contributed by atoms with Crippen LogP contribution in [0.1, 0.15) is 11.1 Å². The smallest absolute Gasteiger partial charge is 0.269 e. The van der Waals surface area contributed by atoms with Gasteiger partial charge < -0.3 is 9.88 Å². The van der Waals surface area contributed by atoms with Crippen molar-refractivity contribution in [1.29, 1.82) is 5.26 Å². The number of rotatable bonds is 7. The molecule has 7 nitrogen and oxygen atoms in total. The molecule has 1 aromatic heterocycles. The Kier molecular flexibility index (Phi) is 7.77. The highest BCUT2D eigenvalue weighted by molar-refractivity contribution is 6.31.